The molecule has 110 valence electrons. The largest absolute Gasteiger partial charge is 0.497 e. The van der Waals surface area contributed by atoms with Gasteiger partial charge in [0.1, 0.15) is 11.4 Å². The van der Waals surface area contributed by atoms with Gasteiger partial charge in [-0.05, 0) is 49.4 Å². The fraction of sp³-hybridized carbons (Fsp3) is 0.562. The van der Waals surface area contributed by atoms with E-state index in [1.807, 2.05) is 24.3 Å². The zero-order chi connectivity index (χ0) is 14.6. The molecule has 4 heteroatoms. The third kappa shape index (κ3) is 3.12. The maximum atomic E-state index is 12.6. The highest BCUT2D eigenvalue weighted by atomic mass is 16.5. The van der Waals surface area contributed by atoms with E-state index < -0.39 is 5.60 Å². The predicted octanol–water partition coefficient (Wildman–Crippen LogP) is 3.23. The number of benzene rings is 1. The highest BCUT2D eigenvalue weighted by Crippen LogP contribution is 2.35. The summed E-state index contributed by atoms with van der Waals surface area (Å²) < 4.78 is 10.7. The van der Waals surface area contributed by atoms with E-state index in [0.717, 1.165) is 30.7 Å². The summed E-state index contributed by atoms with van der Waals surface area (Å²) in [6.07, 6.45) is 3.77. The number of carbonyl (C=O) groups excluding carboxylic acids is 1. The predicted molar refractivity (Wildman–Crippen MR) is 79.0 cm³/mol. The second kappa shape index (κ2) is 6.27. The van der Waals surface area contributed by atoms with E-state index in [2.05, 4.69) is 12.2 Å². The minimum atomic E-state index is -0.683. The molecule has 0 aliphatic heterocycles. The third-order valence-electron chi connectivity index (χ3n) is 4.11. The molecule has 1 aliphatic rings. The molecule has 20 heavy (non-hydrogen) atoms. The SMILES string of the molecule is COc1ccc(NC(=O)[C@]2(OC)CCC[C@H](C)C2)cc1. The van der Waals surface area contributed by atoms with Crippen LogP contribution in [0.1, 0.15) is 32.6 Å². The summed E-state index contributed by atoms with van der Waals surface area (Å²) in [5, 5.41) is 2.96. The summed E-state index contributed by atoms with van der Waals surface area (Å²) in [7, 11) is 3.25. The van der Waals surface area contributed by atoms with Gasteiger partial charge in [0.15, 0.2) is 0 Å². The van der Waals surface area contributed by atoms with Gasteiger partial charge in [-0.2, -0.15) is 0 Å². The van der Waals surface area contributed by atoms with E-state index >= 15 is 0 Å². The van der Waals surface area contributed by atoms with Crippen LogP contribution in [-0.2, 0) is 9.53 Å². The first-order valence-corrected chi connectivity index (χ1v) is 7.10. The highest BCUT2D eigenvalue weighted by Gasteiger charge is 2.41. The van der Waals surface area contributed by atoms with Crippen LogP contribution in [0.25, 0.3) is 0 Å². The number of carbonyl (C=O) groups is 1. The van der Waals surface area contributed by atoms with Crippen molar-refractivity contribution >= 4 is 11.6 Å². The first-order valence-electron chi connectivity index (χ1n) is 7.10. The lowest BCUT2D eigenvalue weighted by Gasteiger charge is -2.37. The van der Waals surface area contributed by atoms with E-state index in [9.17, 15) is 4.79 Å². The standard InChI is InChI=1S/C16H23NO3/c1-12-5-4-10-16(11-12,20-3)15(18)17-13-6-8-14(19-2)9-7-13/h6-9,12H,4-5,10-11H2,1-3H3,(H,17,18)/t12-,16-/m0/s1. The van der Waals surface area contributed by atoms with E-state index in [-0.39, 0.29) is 5.91 Å². The Bertz CT molecular complexity index is 457. The molecule has 2 rings (SSSR count). The molecule has 0 bridgehead atoms. The second-order valence-corrected chi connectivity index (χ2v) is 5.58. The third-order valence-corrected chi connectivity index (χ3v) is 4.11. The summed E-state index contributed by atoms with van der Waals surface area (Å²) in [6, 6.07) is 7.34. The molecule has 0 spiro atoms. The van der Waals surface area contributed by atoms with E-state index in [0.29, 0.717) is 5.92 Å². The average Bonchev–Trinajstić information content (AvgIpc) is 2.47. The summed E-state index contributed by atoms with van der Waals surface area (Å²) in [5.41, 5.74) is 0.0860. The maximum absolute atomic E-state index is 12.6. The minimum absolute atomic E-state index is 0.0447. The molecule has 1 fully saturated rings. The van der Waals surface area contributed by atoms with Crippen molar-refractivity contribution in [3.8, 4) is 5.75 Å². The molecular formula is C16H23NO3. The number of hydrogen-bond donors (Lipinski definition) is 1. The number of rotatable bonds is 4. The van der Waals surface area contributed by atoms with Crippen molar-refractivity contribution < 1.29 is 14.3 Å². The lowest BCUT2D eigenvalue weighted by molar-refractivity contribution is -0.143. The van der Waals surface area contributed by atoms with E-state index in [4.69, 9.17) is 9.47 Å². The van der Waals surface area contributed by atoms with Gasteiger partial charge >= 0.3 is 0 Å². The van der Waals surface area contributed by atoms with Crippen LogP contribution in [0, 0.1) is 5.92 Å². The number of anilines is 1. The molecule has 0 unspecified atom stereocenters. The zero-order valence-corrected chi connectivity index (χ0v) is 12.4. The molecule has 1 aliphatic carbocycles. The first kappa shape index (κ1) is 14.9. The van der Waals surface area contributed by atoms with Crippen LogP contribution in [0.15, 0.2) is 24.3 Å². The maximum Gasteiger partial charge on any atom is 0.256 e. The van der Waals surface area contributed by atoms with Crippen molar-refractivity contribution in [3.05, 3.63) is 24.3 Å². The van der Waals surface area contributed by atoms with Crippen molar-refractivity contribution in [2.24, 2.45) is 5.92 Å². The smallest absolute Gasteiger partial charge is 0.256 e. The van der Waals surface area contributed by atoms with Crippen LogP contribution < -0.4 is 10.1 Å². The Morgan fingerprint density at radius 1 is 1.30 bits per heavy atom. The van der Waals surface area contributed by atoms with Gasteiger partial charge in [-0.3, -0.25) is 4.79 Å². The highest BCUT2D eigenvalue weighted by molar-refractivity contribution is 5.97. The zero-order valence-electron chi connectivity index (χ0n) is 12.4. The number of ether oxygens (including phenoxy) is 2. The summed E-state index contributed by atoms with van der Waals surface area (Å²) >= 11 is 0. The molecule has 0 saturated heterocycles. The van der Waals surface area contributed by atoms with Gasteiger partial charge in [-0.25, -0.2) is 0 Å². The van der Waals surface area contributed by atoms with Gasteiger partial charge < -0.3 is 14.8 Å². The van der Waals surface area contributed by atoms with Crippen molar-refractivity contribution in [3.63, 3.8) is 0 Å². The molecule has 0 aromatic heterocycles. The van der Waals surface area contributed by atoms with Crippen LogP contribution in [0.5, 0.6) is 5.75 Å². The lowest BCUT2D eigenvalue weighted by Crippen LogP contribution is -2.47. The molecular weight excluding hydrogens is 254 g/mol. The van der Waals surface area contributed by atoms with Gasteiger partial charge in [0.25, 0.3) is 5.91 Å². The minimum Gasteiger partial charge on any atom is -0.497 e. The fourth-order valence-corrected chi connectivity index (χ4v) is 2.91. The average molecular weight is 277 g/mol. The Hall–Kier alpha value is -1.55. The molecule has 0 radical (unpaired) electrons. The fourth-order valence-electron chi connectivity index (χ4n) is 2.91. The van der Waals surface area contributed by atoms with Gasteiger partial charge in [0.05, 0.1) is 7.11 Å². The monoisotopic (exact) mass is 277 g/mol. The van der Waals surface area contributed by atoms with Gasteiger partial charge in [0, 0.05) is 12.8 Å². The normalized spacial score (nSPS) is 26.1. The summed E-state index contributed by atoms with van der Waals surface area (Å²) in [4.78, 5) is 12.6. The Morgan fingerprint density at radius 3 is 2.55 bits per heavy atom. The quantitative estimate of drug-likeness (QED) is 0.919. The van der Waals surface area contributed by atoms with Crippen LogP contribution in [-0.4, -0.2) is 25.7 Å². The molecule has 2 atom stereocenters. The number of amides is 1. The van der Waals surface area contributed by atoms with Crippen LogP contribution in [0.2, 0.25) is 0 Å². The van der Waals surface area contributed by atoms with Crippen molar-refractivity contribution in [2.45, 2.75) is 38.2 Å². The topological polar surface area (TPSA) is 47.6 Å². The van der Waals surface area contributed by atoms with Crippen LogP contribution in [0.3, 0.4) is 0 Å². The van der Waals surface area contributed by atoms with Crippen molar-refractivity contribution in [1.29, 1.82) is 0 Å². The Kier molecular flexibility index (Phi) is 4.65. The Morgan fingerprint density at radius 2 is 2.00 bits per heavy atom. The van der Waals surface area contributed by atoms with Gasteiger partial charge in [-0.15, -0.1) is 0 Å². The number of nitrogens with one attached hydrogen (secondary N) is 1. The molecule has 1 aromatic carbocycles. The van der Waals surface area contributed by atoms with Crippen LogP contribution >= 0.6 is 0 Å². The van der Waals surface area contributed by atoms with E-state index in [1.165, 1.54) is 6.42 Å². The molecule has 1 aromatic rings. The van der Waals surface area contributed by atoms with Gasteiger partial charge in [-0.1, -0.05) is 13.3 Å². The van der Waals surface area contributed by atoms with Gasteiger partial charge in [0.2, 0.25) is 0 Å². The molecule has 1 N–H and O–H groups in total. The number of methoxy groups -OCH3 is 2. The summed E-state index contributed by atoms with van der Waals surface area (Å²) in [6.45, 7) is 2.17. The Labute approximate surface area is 120 Å². The Balaban J connectivity index is 2.08. The summed E-state index contributed by atoms with van der Waals surface area (Å²) in [5.74, 6) is 1.25. The van der Waals surface area contributed by atoms with Crippen molar-refractivity contribution in [2.75, 3.05) is 19.5 Å². The first-order chi connectivity index (χ1) is 9.59. The molecule has 1 amide bonds. The molecule has 1 saturated carbocycles. The molecule has 0 heterocycles. The lowest BCUT2D eigenvalue weighted by atomic mass is 9.78. The second-order valence-electron chi connectivity index (χ2n) is 5.58. The molecule has 4 nitrogen and oxygen atoms in total. The van der Waals surface area contributed by atoms with Crippen molar-refractivity contribution in [1.82, 2.24) is 0 Å². The number of hydrogen-bond acceptors (Lipinski definition) is 3. The van der Waals surface area contributed by atoms with E-state index in [1.54, 1.807) is 14.2 Å². The van der Waals surface area contributed by atoms with Crippen LogP contribution in [0.4, 0.5) is 5.69 Å².